The fourth-order valence-corrected chi connectivity index (χ4v) is 2.14. The van der Waals surface area contributed by atoms with Crippen LogP contribution in [0, 0.1) is 0 Å². The Balaban J connectivity index is 0.000000213. The molecule has 178 valence electrons. The third-order valence-electron chi connectivity index (χ3n) is 4.10. The number of nitrogens with zero attached hydrogens (tertiary/aromatic N) is 12. The van der Waals surface area contributed by atoms with E-state index >= 15 is 0 Å². The largest absolute Gasteiger partial charge is 0.318 e. The molecule has 0 saturated heterocycles. The third-order valence-corrected chi connectivity index (χ3v) is 4.10. The van der Waals surface area contributed by atoms with Crippen LogP contribution in [0.1, 0.15) is 73.5 Å². The average molecular weight is 447 g/mol. The first-order valence-electron chi connectivity index (χ1n) is 10.9. The van der Waals surface area contributed by atoms with Crippen LogP contribution in [0.5, 0.6) is 0 Å². The van der Waals surface area contributed by atoms with Gasteiger partial charge >= 0.3 is 0 Å². The van der Waals surface area contributed by atoms with Gasteiger partial charge in [-0.05, 0) is 55.4 Å². The van der Waals surface area contributed by atoms with Gasteiger partial charge in [-0.15, -0.1) is 15.3 Å². The molecule has 0 bridgehead atoms. The summed E-state index contributed by atoms with van der Waals surface area (Å²) >= 11 is 0. The molecule has 0 saturated carbocycles. The molecule has 0 N–H and O–H groups in total. The topological polar surface area (TPSA) is 120 Å². The summed E-state index contributed by atoms with van der Waals surface area (Å²) in [6, 6.07) is 1.80. The Morgan fingerprint density at radius 1 is 0.688 bits per heavy atom. The molecule has 3 aromatic rings. The summed E-state index contributed by atoms with van der Waals surface area (Å²) in [6.07, 6.45) is 10.3. The predicted molar refractivity (Wildman–Crippen MR) is 123 cm³/mol. The van der Waals surface area contributed by atoms with Crippen molar-refractivity contribution in [2.45, 2.75) is 79.6 Å². The van der Waals surface area contributed by atoms with E-state index < -0.39 is 0 Å². The van der Waals surface area contributed by atoms with E-state index in [1.807, 2.05) is 29.6 Å². The van der Waals surface area contributed by atoms with Gasteiger partial charge in [0.2, 0.25) is 0 Å². The molecule has 0 spiro atoms. The second-order valence-corrected chi connectivity index (χ2v) is 8.13. The lowest BCUT2D eigenvalue weighted by Gasteiger charge is -2.14. The van der Waals surface area contributed by atoms with Crippen LogP contribution in [-0.2, 0) is 0 Å². The predicted octanol–water partition coefficient (Wildman–Crippen LogP) is 3.65. The molecule has 4 heterocycles. The van der Waals surface area contributed by atoms with Crippen molar-refractivity contribution in [1.82, 2.24) is 49.8 Å². The zero-order valence-corrected chi connectivity index (χ0v) is 20.6. The van der Waals surface area contributed by atoms with Crippen molar-refractivity contribution < 1.29 is 0 Å². The summed E-state index contributed by atoms with van der Waals surface area (Å²) in [7, 11) is 0. The maximum atomic E-state index is 3.92. The molecule has 0 aliphatic carbocycles. The maximum absolute atomic E-state index is 3.92. The first kappa shape index (κ1) is 26.9. The summed E-state index contributed by atoms with van der Waals surface area (Å²) in [6.45, 7) is 18.5. The van der Waals surface area contributed by atoms with E-state index in [0.29, 0.717) is 24.2 Å². The smallest absolute Gasteiger partial charge is 0.119 e. The first-order chi connectivity index (χ1) is 15.2. The SMILES string of the molecule is CC(C)N1CCN=N1.CC(C)n1ccnn1.CC(C)n1cnnc1.CC(C)n1nccn1. The standard InChI is InChI=1S/C5H9N3.C5H11N3.2C5H9N3/c1-5(2)8-3-6-7-4-8;2*1-5(2)8-4-3-6-7-8;1-5(2)8-6-3-4-7-8/h3-5H,1-2H3;5H,3-4H2,1-2H3;2*3-5H,1-2H3. The van der Waals surface area contributed by atoms with Crippen molar-refractivity contribution in [2.24, 2.45) is 10.3 Å². The van der Waals surface area contributed by atoms with Gasteiger partial charge in [0.25, 0.3) is 0 Å². The van der Waals surface area contributed by atoms with Gasteiger partial charge in [0.15, 0.2) is 0 Å². The monoisotopic (exact) mass is 446 g/mol. The van der Waals surface area contributed by atoms with Crippen LogP contribution in [0.4, 0.5) is 0 Å². The van der Waals surface area contributed by atoms with Crippen LogP contribution in [0.25, 0.3) is 0 Å². The molecule has 12 heteroatoms. The number of hydrogen-bond acceptors (Lipinski definition) is 9. The lowest BCUT2D eigenvalue weighted by molar-refractivity contribution is 0.258. The Morgan fingerprint density at radius 2 is 1.31 bits per heavy atom. The fourth-order valence-electron chi connectivity index (χ4n) is 2.14. The van der Waals surface area contributed by atoms with Crippen molar-refractivity contribution in [3.8, 4) is 0 Å². The normalized spacial score (nSPS) is 12.4. The van der Waals surface area contributed by atoms with Crippen molar-refractivity contribution >= 4 is 0 Å². The summed E-state index contributed by atoms with van der Waals surface area (Å²) < 4.78 is 3.75. The quantitative estimate of drug-likeness (QED) is 0.599. The lowest BCUT2D eigenvalue weighted by atomic mass is 10.4. The third kappa shape index (κ3) is 10.7. The van der Waals surface area contributed by atoms with E-state index in [9.17, 15) is 0 Å². The van der Waals surface area contributed by atoms with Crippen molar-refractivity contribution in [3.05, 3.63) is 37.4 Å². The Labute approximate surface area is 190 Å². The number of aromatic nitrogens is 9. The molecule has 4 rings (SSSR count). The van der Waals surface area contributed by atoms with Crippen LogP contribution in [-0.4, -0.2) is 68.9 Å². The molecule has 32 heavy (non-hydrogen) atoms. The minimum atomic E-state index is 0.380. The molecule has 0 radical (unpaired) electrons. The zero-order valence-electron chi connectivity index (χ0n) is 20.6. The minimum Gasteiger partial charge on any atom is -0.318 e. The van der Waals surface area contributed by atoms with Gasteiger partial charge in [0.1, 0.15) is 12.7 Å². The number of hydrogen-bond donors (Lipinski definition) is 0. The van der Waals surface area contributed by atoms with E-state index in [4.69, 9.17) is 0 Å². The Hall–Kier alpha value is -3.18. The molecule has 0 amide bonds. The van der Waals surface area contributed by atoms with Crippen LogP contribution in [0.2, 0.25) is 0 Å². The zero-order chi connectivity index (χ0) is 23.9. The lowest BCUT2D eigenvalue weighted by Crippen LogP contribution is -2.23. The average Bonchev–Trinajstić information content (AvgIpc) is 3.56. The van der Waals surface area contributed by atoms with Crippen LogP contribution < -0.4 is 0 Å². The van der Waals surface area contributed by atoms with E-state index in [2.05, 4.69) is 82.6 Å². The van der Waals surface area contributed by atoms with E-state index in [-0.39, 0.29) is 0 Å². The highest BCUT2D eigenvalue weighted by Gasteiger charge is 2.09. The highest BCUT2D eigenvalue weighted by Crippen LogP contribution is 2.04. The van der Waals surface area contributed by atoms with Crippen molar-refractivity contribution in [3.63, 3.8) is 0 Å². The summed E-state index contributed by atoms with van der Waals surface area (Å²) in [4.78, 5) is 1.67. The highest BCUT2D eigenvalue weighted by molar-refractivity contribution is 4.66. The molecule has 1 aliphatic rings. The summed E-state index contributed by atoms with van der Waals surface area (Å²) in [5, 5.41) is 32.3. The van der Waals surface area contributed by atoms with Gasteiger partial charge in [0.05, 0.1) is 37.7 Å². The Morgan fingerprint density at radius 3 is 1.56 bits per heavy atom. The van der Waals surface area contributed by atoms with E-state index in [0.717, 1.165) is 13.1 Å². The minimum absolute atomic E-state index is 0.380. The first-order valence-corrected chi connectivity index (χ1v) is 10.9. The van der Waals surface area contributed by atoms with E-state index in [1.165, 1.54) is 0 Å². The molecule has 3 aromatic heterocycles. The van der Waals surface area contributed by atoms with Crippen molar-refractivity contribution in [2.75, 3.05) is 13.1 Å². The Bertz CT molecular complexity index is 714. The molecule has 0 aromatic carbocycles. The fraction of sp³-hybridized carbons (Fsp3) is 0.700. The van der Waals surface area contributed by atoms with Gasteiger partial charge in [0, 0.05) is 24.3 Å². The van der Waals surface area contributed by atoms with Crippen LogP contribution in [0.15, 0.2) is 47.8 Å². The van der Waals surface area contributed by atoms with Gasteiger partial charge in [-0.1, -0.05) is 10.4 Å². The molecular formula is C20H38N12. The molecule has 12 nitrogen and oxygen atoms in total. The molecule has 0 atom stereocenters. The van der Waals surface area contributed by atoms with Gasteiger partial charge in [-0.3, -0.25) is 9.69 Å². The molecule has 0 unspecified atom stereocenters. The summed E-state index contributed by atoms with van der Waals surface area (Å²) in [5.41, 5.74) is 0. The van der Waals surface area contributed by atoms with Crippen molar-refractivity contribution in [1.29, 1.82) is 0 Å². The van der Waals surface area contributed by atoms with Gasteiger partial charge < -0.3 is 4.57 Å². The van der Waals surface area contributed by atoms with Gasteiger partial charge in [-0.25, -0.2) is 0 Å². The number of rotatable bonds is 4. The second-order valence-electron chi connectivity index (χ2n) is 8.13. The molecule has 1 aliphatic heterocycles. The highest BCUT2D eigenvalue weighted by atomic mass is 15.6. The molecule has 0 fully saturated rings. The summed E-state index contributed by atoms with van der Waals surface area (Å²) in [5.74, 6) is 0. The van der Waals surface area contributed by atoms with Crippen LogP contribution in [0.3, 0.4) is 0 Å². The second kappa shape index (κ2) is 14.8. The van der Waals surface area contributed by atoms with Crippen LogP contribution >= 0.6 is 0 Å². The van der Waals surface area contributed by atoms with E-state index in [1.54, 1.807) is 40.7 Å². The maximum Gasteiger partial charge on any atom is 0.119 e. The Kier molecular flexibility index (Phi) is 12.4. The van der Waals surface area contributed by atoms with Gasteiger partial charge in [-0.2, -0.15) is 20.1 Å². The molecular weight excluding hydrogens is 408 g/mol.